The van der Waals surface area contributed by atoms with Gasteiger partial charge in [0.2, 0.25) is 5.78 Å². The molecule has 0 bridgehead atoms. The van der Waals surface area contributed by atoms with Crippen molar-refractivity contribution in [3.8, 4) is 0 Å². The van der Waals surface area contributed by atoms with Crippen LogP contribution in [-0.4, -0.2) is 28.4 Å². The van der Waals surface area contributed by atoms with Gasteiger partial charge in [0.05, 0.1) is 0 Å². The van der Waals surface area contributed by atoms with Gasteiger partial charge >= 0.3 is 6.09 Å². The minimum Gasteiger partial charge on any atom is -0.541 e. The molecule has 0 aliphatic carbocycles. The minimum atomic E-state index is -1.84. The molecule has 1 N–H and O–H groups in total. The lowest BCUT2D eigenvalue weighted by Crippen LogP contribution is -2.31. The summed E-state index contributed by atoms with van der Waals surface area (Å²) in [6, 6.07) is 0. The van der Waals surface area contributed by atoms with Crippen LogP contribution in [0.15, 0.2) is 5.38 Å². The molecule has 0 fully saturated rings. The first kappa shape index (κ1) is 14.1. The van der Waals surface area contributed by atoms with Gasteiger partial charge in [0.25, 0.3) is 0 Å². The van der Waals surface area contributed by atoms with Crippen molar-refractivity contribution in [2.45, 2.75) is 26.4 Å². The smallest absolute Gasteiger partial charge is 0.413 e. The number of hydrogen-bond acceptors (Lipinski definition) is 7. The second-order valence-corrected chi connectivity index (χ2v) is 5.14. The molecule has 1 aromatic rings. The van der Waals surface area contributed by atoms with Crippen molar-refractivity contribution in [1.29, 1.82) is 0 Å². The molecular formula is C10H11N2O5S-. The molecule has 0 spiro atoms. The third-order valence-corrected chi connectivity index (χ3v) is 2.35. The first-order valence-corrected chi connectivity index (χ1v) is 5.78. The number of aliphatic carboxylic acids is 1. The monoisotopic (exact) mass is 271 g/mol. The second kappa shape index (κ2) is 5.13. The number of ketones is 1. The van der Waals surface area contributed by atoms with Crippen LogP contribution in [-0.2, 0) is 9.53 Å². The Balaban J connectivity index is 2.68. The fraction of sp³-hybridized carbons (Fsp3) is 0.400. The summed E-state index contributed by atoms with van der Waals surface area (Å²) in [4.78, 5) is 36.3. The van der Waals surface area contributed by atoms with E-state index in [1.807, 2.05) is 0 Å². The number of carboxylic acids is 1. The van der Waals surface area contributed by atoms with Crippen molar-refractivity contribution < 1.29 is 24.2 Å². The summed E-state index contributed by atoms with van der Waals surface area (Å²) >= 11 is 0.794. The Bertz CT molecular complexity index is 489. The van der Waals surface area contributed by atoms with Gasteiger partial charge in [-0.1, -0.05) is 0 Å². The molecule has 8 heteroatoms. The van der Waals surface area contributed by atoms with Crippen LogP contribution in [0.1, 0.15) is 30.6 Å². The summed E-state index contributed by atoms with van der Waals surface area (Å²) in [6.45, 7) is 5.08. The number of rotatable bonds is 3. The predicted molar refractivity (Wildman–Crippen MR) is 61.3 cm³/mol. The number of amides is 1. The lowest BCUT2D eigenvalue weighted by Gasteiger charge is -2.19. The summed E-state index contributed by atoms with van der Waals surface area (Å²) in [5.74, 6) is -3.01. The number of carbonyl (C=O) groups is 3. The number of Topliss-reactive ketones (excluding diaryl/α,β-unsaturated/α-hetero) is 1. The zero-order valence-electron chi connectivity index (χ0n) is 9.97. The highest BCUT2D eigenvalue weighted by Crippen LogP contribution is 2.16. The quantitative estimate of drug-likeness (QED) is 0.630. The van der Waals surface area contributed by atoms with Crippen LogP contribution in [0, 0.1) is 0 Å². The number of nitrogens with zero attached hydrogens (tertiary/aromatic N) is 1. The van der Waals surface area contributed by atoms with Gasteiger partial charge in [0.15, 0.2) is 5.01 Å². The molecule has 1 rings (SSSR count). The second-order valence-electron chi connectivity index (χ2n) is 4.28. The maximum absolute atomic E-state index is 11.4. The molecule has 1 amide bonds. The van der Waals surface area contributed by atoms with Crippen LogP contribution >= 0.6 is 11.3 Å². The van der Waals surface area contributed by atoms with E-state index in [0.717, 1.165) is 11.3 Å². The Morgan fingerprint density at radius 3 is 2.50 bits per heavy atom. The average molecular weight is 271 g/mol. The summed E-state index contributed by atoms with van der Waals surface area (Å²) in [6.07, 6.45) is -0.736. The number of hydrogen-bond donors (Lipinski definition) is 1. The fourth-order valence-corrected chi connectivity index (χ4v) is 1.61. The molecular weight excluding hydrogens is 260 g/mol. The Hall–Kier alpha value is -1.96. The van der Waals surface area contributed by atoms with Crippen molar-refractivity contribution in [1.82, 2.24) is 4.98 Å². The molecule has 1 aromatic heterocycles. The number of thiazole rings is 1. The number of nitrogens with one attached hydrogen (secondary N) is 1. The maximum atomic E-state index is 11.4. The maximum Gasteiger partial charge on any atom is 0.413 e. The Labute approximate surface area is 107 Å². The Kier molecular flexibility index (Phi) is 4.02. The molecule has 0 unspecified atom stereocenters. The molecule has 98 valence electrons. The summed E-state index contributed by atoms with van der Waals surface area (Å²) in [5, 5.41) is 13.7. The molecule has 0 radical (unpaired) electrons. The van der Waals surface area contributed by atoms with E-state index in [-0.39, 0.29) is 10.8 Å². The number of carboxylic acid groups (broad SMARTS) is 1. The van der Waals surface area contributed by atoms with E-state index in [2.05, 4.69) is 10.3 Å². The molecule has 18 heavy (non-hydrogen) atoms. The van der Waals surface area contributed by atoms with Crippen molar-refractivity contribution in [3.63, 3.8) is 0 Å². The van der Waals surface area contributed by atoms with Crippen LogP contribution in [0.5, 0.6) is 0 Å². The van der Waals surface area contributed by atoms with E-state index >= 15 is 0 Å². The topological polar surface area (TPSA) is 108 Å². The molecule has 1 heterocycles. The summed E-state index contributed by atoms with van der Waals surface area (Å²) in [5.41, 5.74) is -0.663. The summed E-state index contributed by atoms with van der Waals surface area (Å²) in [7, 11) is 0. The normalized spacial score (nSPS) is 10.8. The highest BCUT2D eigenvalue weighted by Gasteiger charge is 2.18. The van der Waals surface area contributed by atoms with Gasteiger partial charge in [0, 0.05) is 5.38 Å². The van der Waals surface area contributed by atoms with Gasteiger partial charge in [-0.2, -0.15) is 0 Å². The first-order valence-electron chi connectivity index (χ1n) is 4.90. The minimum absolute atomic E-state index is 0.0545. The van der Waals surface area contributed by atoms with Crippen molar-refractivity contribution in [2.24, 2.45) is 0 Å². The Morgan fingerprint density at radius 2 is 2.00 bits per heavy atom. The highest BCUT2D eigenvalue weighted by molar-refractivity contribution is 7.12. The van der Waals surface area contributed by atoms with Gasteiger partial charge < -0.3 is 14.6 Å². The molecule has 0 saturated heterocycles. The first-order chi connectivity index (χ1) is 8.19. The number of carbonyl (C=O) groups excluding carboxylic acids is 3. The lowest BCUT2D eigenvalue weighted by molar-refractivity contribution is -0.296. The van der Waals surface area contributed by atoms with Crippen molar-refractivity contribution >= 4 is 35.0 Å². The lowest BCUT2D eigenvalue weighted by atomic mass is 10.2. The van der Waals surface area contributed by atoms with E-state index in [4.69, 9.17) is 4.74 Å². The zero-order chi connectivity index (χ0) is 13.9. The van der Waals surface area contributed by atoms with Crippen LogP contribution in [0.4, 0.5) is 10.6 Å². The fourth-order valence-electron chi connectivity index (χ4n) is 0.931. The number of anilines is 1. The van der Waals surface area contributed by atoms with Crippen LogP contribution < -0.4 is 10.4 Å². The van der Waals surface area contributed by atoms with Crippen LogP contribution in [0.25, 0.3) is 0 Å². The molecule has 0 atom stereocenters. The van der Waals surface area contributed by atoms with E-state index in [9.17, 15) is 19.5 Å². The van der Waals surface area contributed by atoms with E-state index < -0.39 is 23.4 Å². The molecule has 0 aliphatic rings. The standard InChI is InChI=1S/C10H12N2O5S/c1-10(2,3)17-9(16)12-5-4-18-7(11-5)6(13)8(14)15/h4H,1-3H3,(H,12,16)(H,14,15)/p-1. The van der Waals surface area contributed by atoms with E-state index in [1.165, 1.54) is 5.38 Å². The van der Waals surface area contributed by atoms with Gasteiger partial charge in [0.1, 0.15) is 17.4 Å². The van der Waals surface area contributed by atoms with Gasteiger partial charge in [-0.05, 0) is 20.8 Å². The van der Waals surface area contributed by atoms with Gasteiger partial charge in [-0.25, -0.2) is 9.78 Å². The predicted octanol–water partition coefficient (Wildman–Crippen LogP) is 0.423. The van der Waals surface area contributed by atoms with E-state index in [1.54, 1.807) is 20.8 Å². The zero-order valence-corrected chi connectivity index (χ0v) is 10.8. The molecule has 0 aromatic carbocycles. The SMILES string of the molecule is CC(C)(C)OC(=O)Nc1csc(C(=O)C(=O)[O-])n1. The van der Waals surface area contributed by atoms with Gasteiger partial charge in [-0.3, -0.25) is 10.1 Å². The summed E-state index contributed by atoms with van der Waals surface area (Å²) < 4.78 is 4.96. The number of aromatic nitrogens is 1. The van der Waals surface area contributed by atoms with Crippen molar-refractivity contribution in [3.05, 3.63) is 10.4 Å². The van der Waals surface area contributed by atoms with Crippen molar-refractivity contribution in [2.75, 3.05) is 5.32 Å². The molecule has 7 nitrogen and oxygen atoms in total. The van der Waals surface area contributed by atoms with Crippen LogP contribution in [0.3, 0.4) is 0 Å². The molecule has 0 aliphatic heterocycles. The van der Waals surface area contributed by atoms with E-state index in [0.29, 0.717) is 0 Å². The number of ether oxygens (including phenoxy) is 1. The average Bonchev–Trinajstić information content (AvgIpc) is 2.61. The van der Waals surface area contributed by atoms with Gasteiger partial charge in [-0.15, -0.1) is 11.3 Å². The largest absolute Gasteiger partial charge is 0.541 e. The third kappa shape index (κ3) is 4.13. The third-order valence-electron chi connectivity index (χ3n) is 1.51. The molecule has 0 saturated carbocycles. The van der Waals surface area contributed by atoms with Crippen LogP contribution in [0.2, 0.25) is 0 Å². The Morgan fingerprint density at radius 1 is 1.39 bits per heavy atom. The highest BCUT2D eigenvalue weighted by atomic mass is 32.1.